The number of nitrogens with one attached hydrogen (secondary N) is 2. The number of aliphatic carboxylic acids is 1. The second-order valence-electron chi connectivity index (χ2n) is 4.93. The summed E-state index contributed by atoms with van der Waals surface area (Å²) in [6, 6.07) is -0.276. The van der Waals surface area contributed by atoms with E-state index in [4.69, 9.17) is 9.84 Å². The summed E-state index contributed by atoms with van der Waals surface area (Å²) in [5.41, 5.74) is 0.510. The lowest BCUT2D eigenvalue weighted by molar-refractivity contribution is -0.137. The molecule has 9 nitrogen and oxygen atoms in total. The van der Waals surface area contributed by atoms with Crippen LogP contribution >= 0.6 is 0 Å². The summed E-state index contributed by atoms with van der Waals surface area (Å²) >= 11 is 0. The van der Waals surface area contributed by atoms with Crippen LogP contribution in [0.1, 0.15) is 18.5 Å². The second kappa shape index (κ2) is 7.58. The Bertz CT molecular complexity index is 484. The highest BCUT2D eigenvalue weighted by molar-refractivity contribution is 5.73. The summed E-state index contributed by atoms with van der Waals surface area (Å²) in [4.78, 5) is 22.1. The Morgan fingerprint density at radius 2 is 2.33 bits per heavy atom. The Kier molecular flexibility index (Phi) is 5.50. The average molecular weight is 297 g/mol. The molecule has 2 heterocycles. The fourth-order valence-electron chi connectivity index (χ4n) is 2.07. The first-order valence-corrected chi connectivity index (χ1v) is 6.83. The van der Waals surface area contributed by atoms with E-state index in [1.54, 1.807) is 0 Å². The summed E-state index contributed by atoms with van der Waals surface area (Å²) in [5, 5.41) is 21.4. The van der Waals surface area contributed by atoms with Crippen LogP contribution in [0.4, 0.5) is 4.79 Å². The van der Waals surface area contributed by atoms with Gasteiger partial charge < -0.3 is 20.5 Å². The molecule has 3 N–H and O–H groups in total. The number of hydrogen-bond acceptors (Lipinski definition) is 5. The molecular weight excluding hydrogens is 278 g/mol. The van der Waals surface area contributed by atoms with Gasteiger partial charge in [0.2, 0.25) is 0 Å². The first-order chi connectivity index (χ1) is 10.1. The van der Waals surface area contributed by atoms with Gasteiger partial charge in [0.05, 0.1) is 12.7 Å². The molecule has 1 atom stereocenters. The van der Waals surface area contributed by atoms with E-state index in [1.807, 2.05) is 0 Å². The van der Waals surface area contributed by atoms with Crippen LogP contribution in [0.15, 0.2) is 6.20 Å². The van der Waals surface area contributed by atoms with Crippen LogP contribution in [0.5, 0.6) is 0 Å². The second-order valence-corrected chi connectivity index (χ2v) is 4.93. The van der Waals surface area contributed by atoms with E-state index in [-0.39, 0.29) is 19.1 Å². The number of carbonyl (C=O) groups is 2. The van der Waals surface area contributed by atoms with E-state index >= 15 is 0 Å². The standard InChI is InChI=1S/C12H19N5O4/c18-11(19)7-17-6-10(15-16-17)5-14-12(20)13-3-1-9-2-4-21-8-9/h6,9H,1-5,7-8H2,(H,18,19)(H2,13,14,20). The molecule has 2 amide bonds. The zero-order chi connectivity index (χ0) is 15.1. The predicted octanol–water partition coefficient (Wildman–Crippen LogP) is -0.411. The molecule has 0 bridgehead atoms. The van der Waals surface area contributed by atoms with Gasteiger partial charge in [-0.2, -0.15) is 0 Å². The third-order valence-electron chi connectivity index (χ3n) is 3.18. The Hall–Kier alpha value is -2.16. The number of hydrogen-bond donors (Lipinski definition) is 3. The fourth-order valence-corrected chi connectivity index (χ4v) is 2.07. The van der Waals surface area contributed by atoms with Gasteiger partial charge in [0.1, 0.15) is 12.2 Å². The molecule has 21 heavy (non-hydrogen) atoms. The van der Waals surface area contributed by atoms with Gasteiger partial charge >= 0.3 is 12.0 Å². The highest BCUT2D eigenvalue weighted by Gasteiger charge is 2.15. The van der Waals surface area contributed by atoms with E-state index in [1.165, 1.54) is 10.9 Å². The van der Waals surface area contributed by atoms with Gasteiger partial charge in [-0.25, -0.2) is 9.48 Å². The maximum absolute atomic E-state index is 11.6. The van der Waals surface area contributed by atoms with Crippen LogP contribution < -0.4 is 10.6 Å². The molecule has 1 aromatic heterocycles. The van der Waals surface area contributed by atoms with Gasteiger partial charge in [0.15, 0.2) is 0 Å². The van der Waals surface area contributed by atoms with Crippen molar-refractivity contribution in [2.24, 2.45) is 5.92 Å². The Morgan fingerprint density at radius 1 is 1.48 bits per heavy atom. The van der Waals surface area contributed by atoms with Crippen molar-refractivity contribution in [3.63, 3.8) is 0 Å². The number of carbonyl (C=O) groups excluding carboxylic acids is 1. The highest BCUT2D eigenvalue weighted by atomic mass is 16.5. The maximum atomic E-state index is 11.6. The van der Waals surface area contributed by atoms with Crippen molar-refractivity contribution < 1.29 is 19.4 Å². The summed E-state index contributed by atoms with van der Waals surface area (Å²) < 4.78 is 6.47. The van der Waals surface area contributed by atoms with Crippen LogP contribution in [-0.2, 0) is 22.6 Å². The van der Waals surface area contributed by atoms with Gasteiger partial charge in [-0.3, -0.25) is 4.79 Å². The fraction of sp³-hybridized carbons (Fsp3) is 0.667. The lowest BCUT2D eigenvalue weighted by Gasteiger charge is -2.09. The van der Waals surface area contributed by atoms with Crippen molar-refractivity contribution >= 4 is 12.0 Å². The molecule has 0 aromatic carbocycles. The number of nitrogens with zero attached hydrogens (tertiary/aromatic N) is 3. The number of carboxylic acids is 1. The van der Waals surface area contributed by atoms with Crippen LogP contribution in [0.2, 0.25) is 0 Å². The van der Waals surface area contributed by atoms with Crippen LogP contribution in [0.25, 0.3) is 0 Å². The van der Waals surface area contributed by atoms with Crippen LogP contribution in [0.3, 0.4) is 0 Å². The first-order valence-electron chi connectivity index (χ1n) is 6.83. The van der Waals surface area contributed by atoms with Gasteiger partial charge in [-0.15, -0.1) is 5.10 Å². The quantitative estimate of drug-likeness (QED) is 0.629. The molecule has 1 aliphatic heterocycles. The van der Waals surface area contributed by atoms with Crippen molar-refractivity contribution in [1.82, 2.24) is 25.6 Å². The molecule has 9 heteroatoms. The molecule has 1 fully saturated rings. The molecule has 0 radical (unpaired) electrons. The number of amides is 2. The monoisotopic (exact) mass is 297 g/mol. The SMILES string of the molecule is O=C(O)Cn1cc(CNC(=O)NCCC2CCOC2)nn1. The molecule has 0 spiro atoms. The zero-order valence-corrected chi connectivity index (χ0v) is 11.6. The van der Waals surface area contributed by atoms with E-state index in [9.17, 15) is 9.59 Å². The molecule has 0 saturated carbocycles. The highest BCUT2D eigenvalue weighted by Crippen LogP contribution is 2.14. The summed E-state index contributed by atoms with van der Waals surface area (Å²) in [5.74, 6) is -0.464. The summed E-state index contributed by atoms with van der Waals surface area (Å²) in [7, 11) is 0. The van der Waals surface area contributed by atoms with Gasteiger partial charge in [-0.05, 0) is 18.8 Å². The summed E-state index contributed by atoms with van der Waals surface area (Å²) in [6.07, 6.45) is 3.45. The van der Waals surface area contributed by atoms with Crippen LogP contribution in [-0.4, -0.2) is 51.9 Å². The van der Waals surface area contributed by atoms with Crippen molar-refractivity contribution in [1.29, 1.82) is 0 Å². The van der Waals surface area contributed by atoms with Gasteiger partial charge in [0.25, 0.3) is 0 Å². The largest absolute Gasteiger partial charge is 0.480 e. The minimum Gasteiger partial charge on any atom is -0.480 e. The minimum absolute atomic E-state index is 0.206. The normalized spacial score (nSPS) is 17.6. The summed E-state index contributed by atoms with van der Waals surface area (Å²) in [6.45, 7) is 2.14. The number of urea groups is 1. The molecule has 1 saturated heterocycles. The number of aromatic nitrogens is 3. The van der Waals surface area contributed by atoms with E-state index in [2.05, 4.69) is 20.9 Å². The van der Waals surface area contributed by atoms with Crippen molar-refractivity contribution in [2.75, 3.05) is 19.8 Å². The van der Waals surface area contributed by atoms with Crippen molar-refractivity contribution in [2.45, 2.75) is 25.9 Å². The van der Waals surface area contributed by atoms with Gasteiger partial charge in [0, 0.05) is 19.8 Å². The molecule has 1 unspecified atom stereocenters. The number of carboxylic acid groups (broad SMARTS) is 1. The van der Waals surface area contributed by atoms with Crippen molar-refractivity contribution in [3.8, 4) is 0 Å². The molecule has 1 aliphatic rings. The smallest absolute Gasteiger partial charge is 0.325 e. The third kappa shape index (κ3) is 5.38. The Labute approximate surface area is 121 Å². The van der Waals surface area contributed by atoms with Gasteiger partial charge in [-0.1, -0.05) is 5.21 Å². The molecule has 0 aliphatic carbocycles. The van der Waals surface area contributed by atoms with Crippen LogP contribution in [0, 0.1) is 5.92 Å². The lowest BCUT2D eigenvalue weighted by atomic mass is 10.1. The molecule has 116 valence electrons. The topological polar surface area (TPSA) is 118 Å². The molecule has 1 aromatic rings. The van der Waals surface area contributed by atoms with E-state index in [0.29, 0.717) is 18.2 Å². The lowest BCUT2D eigenvalue weighted by Crippen LogP contribution is -2.36. The molecule has 2 rings (SSSR count). The molecular formula is C12H19N5O4. The third-order valence-corrected chi connectivity index (χ3v) is 3.18. The van der Waals surface area contributed by atoms with E-state index in [0.717, 1.165) is 26.1 Å². The Morgan fingerprint density at radius 3 is 3.05 bits per heavy atom. The van der Waals surface area contributed by atoms with E-state index < -0.39 is 5.97 Å². The zero-order valence-electron chi connectivity index (χ0n) is 11.6. The van der Waals surface area contributed by atoms with Crippen molar-refractivity contribution in [3.05, 3.63) is 11.9 Å². The minimum atomic E-state index is -0.993. The number of ether oxygens (including phenoxy) is 1. The predicted molar refractivity (Wildman–Crippen MR) is 71.4 cm³/mol. The first kappa shape index (κ1) is 15.2. The average Bonchev–Trinajstić information content (AvgIpc) is 3.07. The Balaban J connectivity index is 1.61. The number of rotatable bonds is 7. The maximum Gasteiger partial charge on any atom is 0.325 e.